The molecule has 0 saturated carbocycles. The maximum atomic E-state index is 13.7. The van der Waals surface area contributed by atoms with Crippen LogP contribution in [0.15, 0.2) is 163 Å². The van der Waals surface area contributed by atoms with Crippen LogP contribution in [-0.2, 0) is 70.0 Å². The summed E-state index contributed by atoms with van der Waals surface area (Å²) in [6.45, 7) is 23.7. The van der Waals surface area contributed by atoms with Crippen LogP contribution in [0, 0.1) is 27.7 Å². The van der Waals surface area contributed by atoms with E-state index in [1.807, 2.05) is 227 Å². The quantitative estimate of drug-likeness (QED) is 0.0104. The molecule has 2 aliphatic heterocycles. The number of amides is 3. The van der Waals surface area contributed by atoms with Crippen LogP contribution in [0.25, 0.3) is 0 Å². The van der Waals surface area contributed by atoms with Gasteiger partial charge in [0.2, 0.25) is 6.08 Å². The molecule has 2 aliphatic rings. The monoisotopic (exact) mass is 1360 g/mol. The van der Waals surface area contributed by atoms with Crippen molar-refractivity contribution in [3.05, 3.63) is 213 Å². The van der Waals surface area contributed by atoms with Gasteiger partial charge in [-0.1, -0.05) is 180 Å². The Labute approximate surface area is 569 Å². The molecule has 2 heterocycles. The first kappa shape index (κ1) is 77.6. The highest BCUT2D eigenvalue weighted by atomic mass is 28.4. The lowest BCUT2D eigenvalue weighted by Gasteiger charge is -2.39. The van der Waals surface area contributed by atoms with Crippen molar-refractivity contribution in [2.24, 2.45) is 4.99 Å². The maximum Gasteiger partial charge on any atom is 0.500 e. The summed E-state index contributed by atoms with van der Waals surface area (Å²) in [5.74, 6) is 0. The number of rotatable bonds is 31. The second-order valence-corrected chi connectivity index (χ2v) is 29.1. The Morgan fingerprint density at radius 3 is 1.21 bits per heavy atom. The van der Waals surface area contributed by atoms with E-state index in [0.29, 0.717) is 93.5 Å². The molecule has 2 fully saturated rings. The summed E-state index contributed by atoms with van der Waals surface area (Å²) in [6.07, 6.45) is 0.0738. The number of ether oxygens (including phenoxy) is 3. The normalized spacial score (nSPS) is 16.3. The predicted molar refractivity (Wildman–Crippen MR) is 372 cm³/mol. The van der Waals surface area contributed by atoms with Crippen molar-refractivity contribution >= 4 is 42.0 Å². The minimum Gasteiger partial charge on any atom is -0.445 e. The van der Waals surface area contributed by atoms with Gasteiger partial charge in [-0.25, -0.2) is 24.2 Å². The van der Waals surface area contributed by atoms with E-state index in [9.17, 15) is 34.5 Å². The number of carbonyl (C=O) groups excluding carboxylic acids is 4. The number of alkyl carbamates (subject to hydrolysis) is 1. The van der Waals surface area contributed by atoms with Crippen molar-refractivity contribution < 1.29 is 75.3 Å². The molecule has 2 saturated heterocycles. The summed E-state index contributed by atoms with van der Waals surface area (Å²) in [6, 6.07) is 49.2. The summed E-state index contributed by atoms with van der Waals surface area (Å²) in [5, 5.41) is 38.2. The molecule has 0 radical (unpaired) electrons. The first-order valence-electron chi connectivity index (χ1n) is 33.4. The van der Waals surface area contributed by atoms with Crippen molar-refractivity contribution in [1.82, 2.24) is 15.1 Å². The molecule has 4 atom stereocenters. The van der Waals surface area contributed by atoms with E-state index in [0.717, 1.165) is 39.8 Å². The van der Waals surface area contributed by atoms with Crippen molar-refractivity contribution in [2.45, 2.75) is 156 Å². The minimum atomic E-state index is -2.84. The number of aliphatic hydroxyl groups excluding tert-OH is 1. The van der Waals surface area contributed by atoms with Crippen LogP contribution in [-0.4, -0.2) is 157 Å². The van der Waals surface area contributed by atoms with Crippen molar-refractivity contribution in [3.8, 4) is 0 Å². The Morgan fingerprint density at radius 2 is 0.854 bits per heavy atom. The maximum absolute atomic E-state index is 13.7. The third-order valence-corrected chi connectivity index (χ3v) is 22.9. The van der Waals surface area contributed by atoms with Crippen LogP contribution in [0.1, 0.15) is 123 Å². The molecule has 22 heteroatoms. The van der Waals surface area contributed by atoms with E-state index in [4.69, 9.17) is 40.8 Å². The second-order valence-electron chi connectivity index (χ2n) is 23.6. The third kappa shape index (κ3) is 22.1. The van der Waals surface area contributed by atoms with Gasteiger partial charge in [-0.2, -0.15) is 0 Å². The van der Waals surface area contributed by atoms with Gasteiger partial charge in [-0.15, -0.1) is 0 Å². The first-order valence-corrected chi connectivity index (χ1v) is 37.3. The summed E-state index contributed by atoms with van der Waals surface area (Å²) in [5.41, 5.74) is 5.43. The van der Waals surface area contributed by atoms with Gasteiger partial charge in [0.25, 0.3) is 0 Å². The number of isocyanates is 1. The number of likely N-dealkylation sites (tertiary alicyclic amines) is 2. The van der Waals surface area contributed by atoms with Gasteiger partial charge < -0.3 is 61.4 Å². The SMILES string of the molecule is CCO[Si](CCCN=C=O)(OCC)OCC.CCO[Si](CCCNC(=O)O[C@@H]1C[C@@H](C(O)(c2ccc(C)cc2)c2ccc(C)cc2)N(C(=O)OCc2ccccc2)C1)(OCC)OCC.Cc1ccc(C(O)(c2ccc(C)cc2)[C@@H]2C[C@@H](O)CN2C(=O)OCc2ccccc2)cc1. The van der Waals surface area contributed by atoms with Crippen LogP contribution in [0.5, 0.6) is 0 Å². The fraction of sp³-hybridized carbons (Fsp3) is 0.459. The number of aliphatic hydroxyl groups is 3. The number of nitrogens with zero attached hydrogens (tertiary/aromatic N) is 3. The highest BCUT2D eigenvalue weighted by molar-refractivity contribution is 6.61. The Bertz CT molecular complexity index is 3190. The number of benzene rings is 6. The molecule has 8 rings (SSSR count). The van der Waals surface area contributed by atoms with Gasteiger partial charge in [-0.05, 0) is 122 Å². The molecule has 0 bridgehead atoms. The number of aliphatic imine (C=N–C) groups is 1. The number of nitrogens with one attached hydrogen (secondary N) is 1. The molecule has 520 valence electrons. The van der Waals surface area contributed by atoms with Gasteiger partial charge in [-0.3, -0.25) is 9.80 Å². The molecule has 4 N–H and O–H groups in total. The zero-order chi connectivity index (χ0) is 69.6. The molecule has 0 unspecified atom stereocenters. The van der Waals surface area contributed by atoms with Crippen LogP contribution in [0.3, 0.4) is 0 Å². The molecule has 0 aromatic heterocycles. The zero-order valence-corrected chi connectivity index (χ0v) is 59.5. The van der Waals surface area contributed by atoms with Gasteiger partial charge in [0.05, 0.1) is 37.8 Å². The lowest BCUT2D eigenvalue weighted by atomic mass is 9.78. The van der Waals surface area contributed by atoms with Crippen LogP contribution in [0.2, 0.25) is 12.1 Å². The number of β-amino-alcohol motifs (C(OH)–C–C–N with tert-alkyl or cyclic N) is 1. The van der Waals surface area contributed by atoms with Gasteiger partial charge in [0.1, 0.15) is 30.5 Å². The summed E-state index contributed by atoms with van der Waals surface area (Å²) < 4.78 is 51.9. The summed E-state index contributed by atoms with van der Waals surface area (Å²) in [4.78, 5) is 56.3. The van der Waals surface area contributed by atoms with Gasteiger partial charge in [0.15, 0.2) is 0 Å². The molecule has 0 spiro atoms. The van der Waals surface area contributed by atoms with Gasteiger partial charge in [0, 0.05) is 64.7 Å². The number of aryl methyl sites for hydroxylation is 4. The highest BCUT2D eigenvalue weighted by Gasteiger charge is 2.53. The Hall–Kier alpha value is -7.42. The van der Waals surface area contributed by atoms with E-state index >= 15 is 0 Å². The van der Waals surface area contributed by atoms with Gasteiger partial charge >= 0.3 is 35.9 Å². The number of carbonyl (C=O) groups is 3. The van der Waals surface area contributed by atoms with E-state index in [1.54, 1.807) is 0 Å². The molecular formula is C74H100N4O16Si2. The van der Waals surface area contributed by atoms with Crippen molar-refractivity contribution in [2.75, 3.05) is 65.8 Å². The van der Waals surface area contributed by atoms with E-state index in [-0.39, 0.29) is 39.1 Å². The Kier molecular flexibility index (Phi) is 31.6. The summed E-state index contributed by atoms with van der Waals surface area (Å²) in [7, 11) is -5.37. The average molecular weight is 1360 g/mol. The van der Waals surface area contributed by atoms with E-state index in [2.05, 4.69) is 10.3 Å². The van der Waals surface area contributed by atoms with Crippen LogP contribution >= 0.6 is 0 Å². The number of hydrogen-bond acceptors (Lipinski definition) is 17. The van der Waals surface area contributed by atoms with E-state index < -0.39 is 71.4 Å². The Balaban J connectivity index is 0.000000259. The molecule has 0 aliphatic carbocycles. The van der Waals surface area contributed by atoms with Crippen LogP contribution in [0.4, 0.5) is 14.4 Å². The zero-order valence-electron chi connectivity index (χ0n) is 57.5. The average Bonchev–Trinajstić information content (AvgIpc) is 1.45. The second kappa shape index (κ2) is 39.1. The fourth-order valence-corrected chi connectivity index (χ4v) is 17.1. The lowest BCUT2D eigenvalue weighted by Crippen LogP contribution is -2.50. The predicted octanol–water partition coefficient (Wildman–Crippen LogP) is 12.6. The highest BCUT2D eigenvalue weighted by Crippen LogP contribution is 2.43. The molecule has 20 nitrogen and oxygen atoms in total. The smallest absolute Gasteiger partial charge is 0.445 e. The lowest BCUT2D eigenvalue weighted by molar-refractivity contribution is -0.00705. The summed E-state index contributed by atoms with van der Waals surface area (Å²) >= 11 is 0. The largest absolute Gasteiger partial charge is 0.500 e. The Morgan fingerprint density at radius 1 is 0.510 bits per heavy atom. The molecule has 96 heavy (non-hydrogen) atoms. The molecular weight excluding hydrogens is 1260 g/mol. The fourth-order valence-electron chi connectivity index (χ4n) is 11.9. The molecule has 6 aromatic rings. The van der Waals surface area contributed by atoms with Crippen LogP contribution < -0.4 is 5.32 Å². The van der Waals surface area contributed by atoms with Crippen molar-refractivity contribution in [3.63, 3.8) is 0 Å². The third-order valence-electron chi connectivity index (χ3n) is 16.6. The molecule has 6 aromatic carbocycles. The van der Waals surface area contributed by atoms with Crippen molar-refractivity contribution in [1.29, 1.82) is 0 Å². The standard InChI is InChI=1S/C37H50N2O8Si.C27H29NO4.C10H21NO4Si/c1-6-44-48(45-7-2,46-8-3)24-12-23-38-35(40)47-33-25-34(39(26-33)36(41)43-27-30-13-10-9-11-14-30)37(42,31-19-15-28(4)16-20-31)32-21-17-29(5)18-22-32;1-19-8-12-22(13-9-19)27(31,23-14-10-20(2)11-15-23)25-16-24(29)17-28(25)26(30)32-18-21-6-4-3-5-7-21;1-4-13-16(14-5-2,15-6-3)9-7-8-11-10-12/h9-11,13-22,33-34,42H,6-8,12,23-27H2,1-5H3,(H,38,40);3-15,24-25,29,31H,16-18H2,1-2H3;4-9H2,1-3H3/t33-,34+;24-,25+;/m11./s1. The topological polar surface area (TPSA) is 243 Å². The molecule has 3 amide bonds. The van der Waals surface area contributed by atoms with E-state index in [1.165, 1.54) is 15.9 Å². The first-order chi connectivity index (χ1) is 46.3. The number of hydrogen-bond donors (Lipinski definition) is 4. The minimum absolute atomic E-state index is 0.0563.